The van der Waals surface area contributed by atoms with E-state index >= 15 is 0 Å². The Morgan fingerprint density at radius 1 is 0.947 bits per heavy atom. The molecule has 0 heterocycles. The molecule has 2 aromatic carbocycles. The van der Waals surface area contributed by atoms with Crippen molar-refractivity contribution in [2.75, 3.05) is 0 Å². The zero-order valence-electron chi connectivity index (χ0n) is 10.2. The van der Waals surface area contributed by atoms with E-state index in [0.717, 1.165) is 20.9 Å². The van der Waals surface area contributed by atoms with Gasteiger partial charge in [0.05, 0.1) is 0 Å². The van der Waals surface area contributed by atoms with Crippen molar-refractivity contribution in [1.82, 2.24) is 0 Å². The van der Waals surface area contributed by atoms with Crippen molar-refractivity contribution in [2.24, 2.45) is 5.73 Å². The number of hydrogen-bond acceptors (Lipinski definition) is 1. The SMILES string of the molecule is NC(Cc1ccc(Br)cc1)Cc1ccc(Br)cc1F. The van der Waals surface area contributed by atoms with Gasteiger partial charge in [-0.05, 0) is 48.2 Å². The molecule has 2 aromatic rings. The predicted molar refractivity (Wildman–Crippen MR) is 83.6 cm³/mol. The van der Waals surface area contributed by atoms with E-state index in [9.17, 15) is 4.39 Å². The van der Waals surface area contributed by atoms with E-state index in [1.807, 2.05) is 30.3 Å². The van der Waals surface area contributed by atoms with Crippen LogP contribution in [-0.4, -0.2) is 6.04 Å². The number of nitrogens with two attached hydrogens (primary N) is 1. The quantitative estimate of drug-likeness (QED) is 0.824. The summed E-state index contributed by atoms with van der Waals surface area (Å²) in [6.45, 7) is 0. The maximum absolute atomic E-state index is 13.7. The van der Waals surface area contributed by atoms with Gasteiger partial charge in [-0.15, -0.1) is 0 Å². The van der Waals surface area contributed by atoms with Crippen molar-refractivity contribution >= 4 is 31.9 Å². The van der Waals surface area contributed by atoms with Crippen LogP contribution in [0.5, 0.6) is 0 Å². The van der Waals surface area contributed by atoms with Gasteiger partial charge >= 0.3 is 0 Å². The second-order valence-electron chi connectivity index (χ2n) is 4.53. The lowest BCUT2D eigenvalue weighted by Crippen LogP contribution is -2.26. The molecule has 0 bridgehead atoms. The number of halogens is 3. The molecule has 0 radical (unpaired) electrons. The fourth-order valence-corrected chi connectivity index (χ4v) is 2.56. The van der Waals surface area contributed by atoms with Crippen LogP contribution in [0.2, 0.25) is 0 Å². The topological polar surface area (TPSA) is 26.0 Å². The summed E-state index contributed by atoms with van der Waals surface area (Å²) >= 11 is 6.64. The van der Waals surface area contributed by atoms with Gasteiger partial charge in [-0.25, -0.2) is 4.39 Å². The molecule has 1 nitrogen and oxygen atoms in total. The van der Waals surface area contributed by atoms with Gasteiger partial charge in [-0.1, -0.05) is 50.1 Å². The van der Waals surface area contributed by atoms with Gasteiger partial charge in [0.25, 0.3) is 0 Å². The Labute approximate surface area is 129 Å². The third-order valence-electron chi connectivity index (χ3n) is 2.91. The first-order chi connectivity index (χ1) is 9.04. The number of rotatable bonds is 4. The fraction of sp³-hybridized carbons (Fsp3) is 0.200. The molecule has 0 aromatic heterocycles. The van der Waals surface area contributed by atoms with Crippen LogP contribution < -0.4 is 5.73 Å². The third-order valence-corrected chi connectivity index (χ3v) is 3.93. The smallest absolute Gasteiger partial charge is 0.127 e. The highest BCUT2D eigenvalue weighted by molar-refractivity contribution is 9.10. The normalized spacial score (nSPS) is 12.4. The number of benzene rings is 2. The first kappa shape index (κ1) is 14.7. The predicted octanol–water partition coefficient (Wildman–Crippen LogP) is 4.46. The summed E-state index contributed by atoms with van der Waals surface area (Å²) < 4.78 is 15.5. The standard InChI is InChI=1S/C15H14Br2FN/c16-12-4-1-10(2-5-12)7-14(19)8-11-3-6-13(17)9-15(11)18/h1-6,9,14H,7-8,19H2. The molecule has 0 spiro atoms. The summed E-state index contributed by atoms with van der Waals surface area (Å²) in [7, 11) is 0. The summed E-state index contributed by atoms with van der Waals surface area (Å²) in [5.41, 5.74) is 7.91. The van der Waals surface area contributed by atoms with Crippen LogP contribution in [0.3, 0.4) is 0 Å². The summed E-state index contributed by atoms with van der Waals surface area (Å²) in [5.74, 6) is -0.208. The second kappa shape index (κ2) is 6.64. The highest BCUT2D eigenvalue weighted by Gasteiger charge is 2.09. The minimum Gasteiger partial charge on any atom is -0.327 e. The lowest BCUT2D eigenvalue weighted by atomic mass is 9.99. The molecule has 2 N–H and O–H groups in total. The van der Waals surface area contributed by atoms with E-state index in [1.54, 1.807) is 6.07 Å². The lowest BCUT2D eigenvalue weighted by Gasteiger charge is -2.12. The van der Waals surface area contributed by atoms with Crippen LogP contribution in [-0.2, 0) is 12.8 Å². The van der Waals surface area contributed by atoms with Gasteiger partial charge in [0.15, 0.2) is 0 Å². The maximum atomic E-state index is 13.7. The van der Waals surface area contributed by atoms with E-state index in [-0.39, 0.29) is 11.9 Å². The molecule has 0 fully saturated rings. The van der Waals surface area contributed by atoms with Crippen molar-refractivity contribution in [3.63, 3.8) is 0 Å². The summed E-state index contributed by atoms with van der Waals surface area (Å²) in [4.78, 5) is 0. The van der Waals surface area contributed by atoms with Gasteiger partial charge < -0.3 is 5.73 Å². The Morgan fingerprint density at radius 2 is 1.58 bits per heavy atom. The van der Waals surface area contributed by atoms with Crippen LogP contribution in [0.25, 0.3) is 0 Å². The average Bonchev–Trinajstić information content (AvgIpc) is 2.36. The molecule has 1 unspecified atom stereocenters. The molecule has 0 aliphatic carbocycles. The van der Waals surface area contributed by atoms with E-state index in [0.29, 0.717) is 12.0 Å². The molecule has 0 amide bonds. The van der Waals surface area contributed by atoms with Crippen LogP contribution in [0.1, 0.15) is 11.1 Å². The molecule has 0 saturated carbocycles. The van der Waals surface area contributed by atoms with Crippen LogP contribution in [0, 0.1) is 5.82 Å². The van der Waals surface area contributed by atoms with Gasteiger partial charge in [0.2, 0.25) is 0 Å². The lowest BCUT2D eigenvalue weighted by molar-refractivity contribution is 0.583. The second-order valence-corrected chi connectivity index (χ2v) is 6.36. The Bertz CT molecular complexity index is 555. The largest absolute Gasteiger partial charge is 0.327 e. The van der Waals surface area contributed by atoms with E-state index in [4.69, 9.17) is 5.73 Å². The van der Waals surface area contributed by atoms with Crippen molar-refractivity contribution in [3.8, 4) is 0 Å². The minimum atomic E-state index is -0.208. The first-order valence-electron chi connectivity index (χ1n) is 5.98. The first-order valence-corrected chi connectivity index (χ1v) is 7.57. The molecular weight excluding hydrogens is 373 g/mol. The molecule has 2 rings (SSSR count). The van der Waals surface area contributed by atoms with Gasteiger partial charge in [0, 0.05) is 15.0 Å². The molecule has 19 heavy (non-hydrogen) atoms. The molecule has 4 heteroatoms. The molecule has 0 saturated heterocycles. The van der Waals surface area contributed by atoms with Crippen LogP contribution in [0.15, 0.2) is 51.4 Å². The molecule has 0 aliphatic heterocycles. The Kier molecular flexibility index (Phi) is 5.13. The van der Waals surface area contributed by atoms with Crippen molar-refractivity contribution < 1.29 is 4.39 Å². The average molecular weight is 387 g/mol. The molecule has 100 valence electrons. The monoisotopic (exact) mass is 385 g/mol. The summed E-state index contributed by atoms with van der Waals surface area (Å²) in [5, 5.41) is 0. The highest BCUT2D eigenvalue weighted by Crippen LogP contribution is 2.18. The van der Waals surface area contributed by atoms with Gasteiger partial charge in [-0.3, -0.25) is 0 Å². The van der Waals surface area contributed by atoms with Crippen molar-refractivity contribution in [3.05, 3.63) is 68.4 Å². The fourth-order valence-electron chi connectivity index (χ4n) is 1.97. The van der Waals surface area contributed by atoms with Crippen molar-refractivity contribution in [1.29, 1.82) is 0 Å². The zero-order valence-corrected chi connectivity index (χ0v) is 13.4. The van der Waals surface area contributed by atoms with Gasteiger partial charge in [0.1, 0.15) is 5.82 Å². The maximum Gasteiger partial charge on any atom is 0.127 e. The Hall–Kier alpha value is -0.710. The number of hydrogen-bond donors (Lipinski definition) is 1. The van der Waals surface area contributed by atoms with Crippen LogP contribution in [0.4, 0.5) is 4.39 Å². The van der Waals surface area contributed by atoms with E-state index < -0.39 is 0 Å². The minimum absolute atomic E-state index is 0.0862. The highest BCUT2D eigenvalue weighted by atomic mass is 79.9. The van der Waals surface area contributed by atoms with E-state index in [2.05, 4.69) is 31.9 Å². The molecule has 0 aliphatic rings. The van der Waals surface area contributed by atoms with Gasteiger partial charge in [-0.2, -0.15) is 0 Å². The van der Waals surface area contributed by atoms with Crippen LogP contribution >= 0.6 is 31.9 Å². The summed E-state index contributed by atoms with van der Waals surface area (Å²) in [6.07, 6.45) is 1.28. The summed E-state index contributed by atoms with van der Waals surface area (Å²) in [6, 6.07) is 13.0. The molecule has 1 atom stereocenters. The van der Waals surface area contributed by atoms with Crippen molar-refractivity contribution in [2.45, 2.75) is 18.9 Å². The Balaban J connectivity index is 2.01. The zero-order chi connectivity index (χ0) is 13.8. The van der Waals surface area contributed by atoms with E-state index in [1.165, 1.54) is 6.07 Å². The Morgan fingerprint density at radius 3 is 2.21 bits per heavy atom. The third kappa shape index (κ3) is 4.41. The molecular formula is C15H14Br2FN.